The van der Waals surface area contributed by atoms with E-state index in [9.17, 15) is 0 Å². The molecule has 1 aromatic carbocycles. The van der Waals surface area contributed by atoms with Crippen LogP contribution in [0.4, 0.5) is 5.69 Å². The average molecular weight is 320 g/mol. The molecule has 4 heteroatoms. The fourth-order valence-electron chi connectivity index (χ4n) is 3.60. The molecular formula is C20H24N4. The van der Waals surface area contributed by atoms with Crippen LogP contribution < -0.4 is 4.90 Å². The van der Waals surface area contributed by atoms with Gasteiger partial charge in [-0.15, -0.1) is 0 Å². The van der Waals surface area contributed by atoms with Gasteiger partial charge in [-0.05, 0) is 49.7 Å². The zero-order chi connectivity index (χ0) is 16.4. The van der Waals surface area contributed by atoms with Gasteiger partial charge in [-0.25, -0.2) is 4.52 Å². The Hall–Kier alpha value is -2.33. The molecule has 0 bridgehead atoms. The van der Waals surface area contributed by atoms with Crippen molar-refractivity contribution in [2.75, 3.05) is 25.0 Å². The summed E-state index contributed by atoms with van der Waals surface area (Å²) in [7, 11) is 2.17. The van der Waals surface area contributed by atoms with Gasteiger partial charge in [0.1, 0.15) is 0 Å². The molecule has 2 aromatic heterocycles. The fourth-order valence-corrected chi connectivity index (χ4v) is 3.60. The predicted octanol–water partition coefficient (Wildman–Crippen LogP) is 3.57. The summed E-state index contributed by atoms with van der Waals surface area (Å²) >= 11 is 0. The minimum absolute atomic E-state index is 0.857. The van der Waals surface area contributed by atoms with Crippen molar-refractivity contribution in [3.8, 4) is 0 Å². The Kier molecular flexibility index (Phi) is 4.22. The minimum atomic E-state index is 0.857. The molecule has 0 aliphatic carbocycles. The molecule has 124 valence electrons. The van der Waals surface area contributed by atoms with Crippen molar-refractivity contribution in [1.29, 1.82) is 0 Å². The van der Waals surface area contributed by atoms with Gasteiger partial charge in [0, 0.05) is 38.1 Å². The molecule has 0 spiro atoms. The summed E-state index contributed by atoms with van der Waals surface area (Å²) in [5, 5.41) is 4.66. The molecule has 0 N–H and O–H groups in total. The number of para-hydroxylation sites is 1. The summed E-state index contributed by atoms with van der Waals surface area (Å²) in [6.45, 7) is 4.18. The maximum atomic E-state index is 4.66. The van der Waals surface area contributed by atoms with Gasteiger partial charge in [-0.1, -0.05) is 24.3 Å². The van der Waals surface area contributed by atoms with Crippen LogP contribution in [0.15, 0.2) is 54.7 Å². The molecule has 0 atom stereocenters. The van der Waals surface area contributed by atoms with E-state index in [4.69, 9.17) is 0 Å². The van der Waals surface area contributed by atoms with Crippen molar-refractivity contribution in [2.24, 2.45) is 0 Å². The number of hydrogen-bond donors (Lipinski definition) is 0. The topological polar surface area (TPSA) is 23.8 Å². The number of hydrogen-bond acceptors (Lipinski definition) is 3. The van der Waals surface area contributed by atoms with E-state index in [2.05, 4.69) is 64.4 Å². The van der Waals surface area contributed by atoms with E-state index >= 15 is 0 Å². The van der Waals surface area contributed by atoms with Crippen molar-refractivity contribution >= 4 is 11.2 Å². The van der Waals surface area contributed by atoms with Gasteiger partial charge in [0.25, 0.3) is 0 Å². The van der Waals surface area contributed by atoms with Crippen LogP contribution in [0, 0.1) is 0 Å². The maximum Gasteiger partial charge on any atom is 0.0775 e. The van der Waals surface area contributed by atoms with Gasteiger partial charge < -0.3 is 4.90 Å². The average Bonchev–Trinajstić information content (AvgIpc) is 3.24. The van der Waals surface area contributed by atoms with Crippen LogP contribution in [-0.4, -0.2) is 34.7 Å². The van der Waals surface area contributed by atoms with Crippen LogP contribution in [0.1, 0.15) is 24.1 Å². The smallest absolute Gasteiger partial charge is 0.0775 e. The maximum absolute atomic E-state index is 4.66. The molecule has 1 saturated heterocycles. The molecule has 4 rings (SSSR count). The van der Waals surface area contributed by atoms with Crippen molar-refractivity contribution in [2.45, 2.75) is 25.9 Å². The second-order valence-electron chi connectivity index (χ2n) is 6.70. The molecule has 0 unspecified atom stereocenters. The Labute approximate surface area is 143 Å². The monoisotopic (exact) mass is 320 g/mol. The van der Waals surface area contributed by atoms with E-state index < -0.39 is 0 Å². The molecule has 1 aliphatic rings. The van der Waals surface area contributed by atoms with Crippen LogP contribution in [0.25, 0.3) is 5.52 Å². The summed E-state index contributed by atoms with van der Waals surface area (Å²) < 4.78 is 1.95. The van der Waals surface area contributed by atoms with Crippen molar-refractivity contribution in [3.63, 3.8) is 0 Å². The van der Waals surface area contributed by atoms with Crippen LogP contribution in [0.3, 0.4) is 0 Å². The zero-order valence-electron chi connectivity index (χ0n) is 14.2. The Balaban J connectivity index is 1.48. The van der Waals surface area contributed by atoms with Gasteiger partial charge >= 0.3 is 0 Å². The van der Waals surface area contributed by atoms with Gasteiger partial charge in [0.15, 0.2) is 0 Å². The van der Waals surface area contributed by atoms with E-state index in [1.54, 1.807) is 0 Å². The third kappa shape index (κ3) is 3.15. The second kappa shape index (κ2) is 6.65. The highest BCUT2D eigenvalue weighted by atomic mass is 15.2. The van der Waals surface area contributed by atoms with E-state index in [0.29, 0.717) is 0 Å². The molecule has 1 fully saturated rings. The summed E-state index contributed by atoms with van der Waals surface area (Å²) in [6, 6.07) is 17.2. The Morgan fingerprint density at radius 1 is 1.00 bits per heavy atom. The molecule has 1 aliphatic heterocycles. The Bertz CT molecular complexity index is 784. The number of benzene rings is 1. The van der Waals surface area contributed by atoms with E-state index in [1.165, 1.54) is 37.2 Å². The highest BCUT2D eigenvalue weighted by Gasteiger charge is 2.16. The van der Waals surface area contributed by atoms with Gasteiger partial charge in [0.05, 0.1) is 11.2 Å². The predicted molar refractivity (Wildman–Crippen MR) is 98.3 cm³/mol. The molecule has 0 saturated carbocycles. The molecule has 0 radical (unpaired) electrons. The van der Waals surface area contributed by atoms with E-state index in [-0.39, 0.29) is 0 Å². The van der Waals surface area contributed by atoms with Gasteiger partial charge in [-0.3, -0.25) is 4.90 Å². The van der Waals surface area contributed by atoms with E-state index in [0.717, 1.165) is 24.3 Å². The molecular weight excluding hydrogens is 296 g/mol. The molecule has 3 heterocycles. The molecule has 24 heavy (non-hydrogen) atoms. The first-order valence-electron chi connectivity index (χ1n) is 8.74. The summed E-state index contributed by atoms with van der Waals surface area (Å²) in [5.74, 6) is 0. The normalized spacial score (nSPS) is 14.8. The van der Waals surface area contributed by atoms with Crippen molar-refractivity contribution in [3.05, 3.63) is 66.0 Å². The number of rotatable bonds is 5. The van der Waals surface area contributed by atoms with Gasteiger partial charge in [0.2, 0.25) is 0 Å². The molecule has 0 amide bonds. The third-order valence-corrected chi connectivity index (χ3v) is 4.73. The van der Waals surface area contributed by atoms with Crippen LogP contribution >= 0.6 is 0 Å². The number of nitrogens with zero attached hydrogens (tertiary/aromatic N) is 4. The SMILES string of the molecule is CN(Cc1cc2ccccn2n1)Cc1ccccc1N1CCCC1. The number of pyridine rings is 1. The highest BCUT2D eigenvalue weighted by Crippen LogP contribution is 2.25. The Morgan fingerprint density at radius 2 is 1.79 bits per heavy atom. The highest BCUT2D eigenvalue weighted by molar-refractivity contribution is 5.54. The van der Waals surface area contributed by atoms with Crippen molar-refractivity contribution < 1.29 is 0 Å². The fraction of sp³-hybridized carbons (Fsp3) is 0.350. The number of aromatic nitrogens is 2. The van der Waals surface area contributed by atoms with Crippen LogP contribution in [0.2, 0.25) is 0 Å². The first-order chi connectivity index (χ1) is 11.8. The minimum Gasteiger partial charge on any atom is -0.371 e. The van der Waals surface area contributed by atoms with Crippen LogP contribution in [-0.2, 0) is 13.1 Å². The lowest BCUT2D eigenvalue weighted by Crippen LogP contribution is -2.23. The van der Waals surface area contributed by atoms with Gasteiger partial charge in [-0.2, -0.15) is 5.10 Å². The summed E-state index contributed by atoms with van der Waals surface area (Å²) in [4.78, 5) is 4.87. The largest absolute Gasteiger partial charge is 0.371 e. The quantitative estimate of drug-likeness (QED) is 0.718. The Morgan fingerprint density at radius 3 is 2.62 bits per heavy atom. The standard InChI is InChI=1S/C20H24N4/c1-22(16-18-14-19-9-4-5-13-24(19)21-18)15-17-8-2-3-10-20(17)23-11-6-7-12-23/h2-5,8-10,13-14H,6-7,11-12,15-16H2,1H3. The molecule has 3 aromatic rings. The second-order valence-corrected chi connectivity index (χ2v) is 6.70. The lowest BCUT2D eigenvalue weighted by molar-refractivity contribution is 0.314. The zero-order valence-corrected chi connectivity index (χ0v) is 14.2. The van der Waals surface area contributed by atoms with E-state index in [1.807, 2.05) is 16.8 Å². The van der Waals surface area contributed by atoms with Crippen LogP contribution in [0.5, 0.6) is 0 Å². The van der Waals surface area contributed by atoms with Crippen molar-refractivity contribution in [1.82, 2.24) is 14.5 Å². The summed E-state index contributed by atoms with van der Waals surface area (Å²) in [5.41, 5.74) is 5.07. The number of fused-ring (bicyclic) bond motifs is 1. The first-order valence-corrected chi connectivity index (χ1v) is 8.74. The third-order valence-electron chi connectivity index (χ3n) is 4.73. The lowest BCUT2D eigenvalue weighted by atomic mass is 10.1. The first kappa shape index (κ1) is 15.2. The number of anilines is 1. The summed E-state index contributed by atoms with van der Waals surface area (Å²) in [6.07, 6.45) is 4.62. The lowest BCUT2D eigenvalue weighted by Gasteiger charge is -2.24. The molecule has 4 nitrogen and oxygen atoms in total.